The predicted molar refractivity (Wildman–Crippen MR) is 72.4 cm³/mol. The topological polar surface area (TPSA) is 29.9 Å². The number of hydrogen-bond acceptors (Lipinski definition) is 2. The SMILES string of the molecule is Cc1cnn(Cc2ccccc2CNC2CC2)c1. The first kappa shape index (κ1) is 11.5. The Hall–Kier alpha value is -1.61. The van der Waals surface area contributed by atoms with Crippen LogP contribution in [-0.2, 0) is 13.1 Å². The molecule has 94 valence electrons. The van der Waals surface area contributed by atoms with E-state index in [0.29, 0.717) is 0 Å². The molecule has 18 heavy (non-hydrogen) atoms. The molecule has 0 spiro atoms. The van der Waals surface area contributed by atoms with E-state index < -0.39 is 0 Å². The minimum Gasteiger partial charge on any atom is -0.310 e. The number of nitrogens with zero attached hydrogens (tertiary/aromatic N) is 2. The molecule has 1 aliphatic carbocycles. The number of nitrogens with one attached hydrogen (secondary N) is 1. The summed E-state index contributed by atoms with van der Waals surface area (Å²) in [6.07, 6.45) is 6.66. The van der Waals surface area contributed by atoms with Crippen molar-refractivity contribution >= 4 is 0 Å². The summed E-state index contributed by atoms with van der Waals surface area (Å²) in [5.74, 6) is 0. The molecule has 3 rings (SSSR count). The summed E-state index contributed by atoms with van der Waals surface area (Å²) in [5.41, 5.74) is 3.95. The zero-order valence-electron chi connectivity index (χ0n) is 10.8. The molecule has 0 radical (unpaired) electrons. The molecule has 1 aliphatic rings. The Morgan fingerprint density at radius 1 is 1.28 bits per heavy atom. The quantitative estimate of drug-likeness (QED) is 0.871. The zero-order valence-corrected chi connectivity index (χ0v) is 10.8. The average molecular weight is 241 g/mol. The third-order valence-corrected chi connectivity index (χ3v) is 3.37. The van der Waals surface area contributed by atoms with Crippen LogP contribution in [0.5, 0.6) is 0 Å². The highest BCUT2D eigenvalue weighted by Gasteiger charge is 2.20. The van der Waals surface area contributed by atoms with E-state index in [4.69, 9.17) is 0 Å². The van der Waals surface area contributed by atoms with E-state index >= 15 is 0 Å². The van der Waals surface area contributed by atoms with Crippen LogP contribution < -0.4 is 5.32 Å². The van der Waals surface area contributed by atoms with Crippen LogP contribution in [0, 0.1) is 6.92 Å². The zero-order chi connectivity index (χ0) is 12.4. The number of rotatable bonds is 5. The number of aryl methyl sites for hydroxylation is 1. The highest BCUT2D eigenvalue weighted by atomic mass is 15.3. The number of hydrogen-bond donors (Lipinski definition) is 1. The van der Waals surface area contributed by atoms with Crippen LogP contribution in [0.25, 0.3) is 0 Å². The molecule has 1 aromatic carbocycles. The molecule has 3 heteroatoms. The minimum atomic E-state index is 0.755. The molecule has 0 amide bonds. The van der Waals surface area contributed by atoms with Crippen LogP contribution in [0.4, 0.5) is 0 Å². The second kappa shape index (κ2) is 4.94. The van der Waals surface area contributed by atoms with Gasteiger partial charge in [-0.25, -0.2) is 0 Å². The molecule has 0 saturated heterocycles. The van der Waals surface area contributed by atoms with Crippen molar-refractivity contribution in [3.8, 4) is 0 Å². The van der Waals surface area contributed by atoms with E-state index in [1.807, 2.05) is 10.9 Å². The lowest BCUT2D eigenvalue weighted by Gasteiger charge is -2.10. The summed E-state index contributed by atoms with van der Waals surface area (Å²) >= 11 is 0. The molecule has 1 aromatic heterocycles. The van der Waals surface area contributed by atoms with Gasteiger partial charge in [0.25, 0.3) is 0 Å². The molecule has 1 heterocycles. The van der Waals surface area contributed by atoms with Gasteiger partial charge < -0.3 is 5.32 Å². The Kier molecular flexibility index (Phi) is 3.15. The fourth-order valence-electron chi connectivity index (χ4n) is 2.15. The summed E-state index contributed by atoms with van der Waals surface area (Å²) in [6.45, 7) is 3.90. The molecule has 1 fully saturated rings. The first-order valence-corrected chi connectivity index (χ1v) is 6.60. The van der Waals surface area contributed by atoms with Crippen LogP contribution in [0.1, 0.15) is 29.5 Å². The fourth-order valence-corrected chi connectivity index (χ4v) is 2.15. The molecule has 3 nitrogen and oxygen atoms in total. The Bertz CT molecular complexity index is 526. The van der Waals surface area contributed by atoms with Gasteiger partial charge in [-0.1, -0.05) is 24.3 Å². The second-order valence-electron chi connectivity index (χ2n) is 5.14. The number of benzene rings is 1. The van der Waals surface area contributed by atoms with Gasteiger partial charge in [0, 0.05) is 18.8 Å². The molecular formula is C15H19N3. The number of aromatic nitrogens is 2. The van der Waals surface area contributed by atoms with Gasteiger partial charge in [-0.05, 0) is 36.5 Å². The van der Waals surface area contributed by atoms with Crippen molar-refractivity contribution in [2.75, 3.05) is 0 Å². The molecule has 0 aliphatic heterocycles. The maximum absolute atomic E-state index is 4.36. The highest BCUT2D eigenvalue weighted by Crippen LogP contribution is 2.20. The van der Waals surface area contributed by atoms with Gasteiger partial charge in [0.15, 0.2) is 0 Å². The van der Waals surface area contributed by atoms with E-state index in [9.17, 15) is 0 Å². The van der Waals surface area contributed by atoms with Gasteiger partial charge in [0.2, 0.25) is 0 Å². The van der Waals surface area contributed by atoms with Gasteiger partial charge in [0.05, 0.1) is 12.7 Å². The maximum Gasteiger partial charge on any atom is 0.0662 e. The van der Waals surface area contributed by atoms with E-state index in [-0.39, 0.29) is 0 Å². The predicted octanol–water partition coefficient (Wildman–Crippen LogP) is 2.49. The first-order valence-electron chi connectivity index (χ1n) is 6.60. The van der Waals surface area contributed by atoms with Crippen LogP contribution in [0.2, 0.25) is 0 Å². The molecular weight excluding hydrogens is 222 g/mol. The Labute approximate surface area is 108 Å². The molecule has 0 atom stereocenters. The van der Waals surface area contributed by atoms with Crippen molar-refractivity contribution in [3.63, 3.8) is 0 Å². The van der Waals surface area contributed by atoms with Crippen molar-refractivity contribution in [1.29, 1.82) is 0 Å². The summed E-state index contributed by atoms with van der Waals surface area (Å²) in [7, 11) is 0. The molecule has 0 bridgehead atoms. The minimum absolute atomic E-state index is 0.755. The standard InChI is InChI=1S/C15H19N3/c1-12-8-17-18(10-12)11-14-5-3-2-4-13(14)9-16-15-6-7-15/h2-5,8,10,15-16H,6-7,9,11H2,1H3. The molecule has 2 aromatic rings. The third-order valence-electron chi connectivity index (χ3n) is 3.37. The van der Waals surface area contributed by atoms with Crippen molar-refractivity contribution in [2.45, 2.75) is 38.9 Å². The fraction of sp³-hybridized carbons (Fsp3) is 0.400. The molecule has 0 unspecified atom stereocenters. The van der Waals surface area contributed by atoms with Crippen molar-refractivity contribution in [3.05, 3.63) is 53.3 Å². The molecule has 1 saturated carbocycles. The summed E-state index contributed by atoms with van der Waals surface area (Å²) in [6, 6.07) is 9.38. The van der Waals surface area contributed by atoms with Crippen molar-refractivity contribution in [1.82, 2.24) is 15.1 Å². The first-order chi connectivity index (χ1) is 8.81. The smallest absolute Gasteiger partial charge is 0.0662 e. The summed E-state index contributed by atoms with van der Waals surface area (Å²) < 4.78 is 2.01. The van der Waals surface area contributed by atoms with Crippen LogP contribution in [0.3, 0.4) is 0 Å². The second-order valence-corrected chi connectivity index (χ2v) is 5.14. The van der Waals surface area contributed by atoms with Gasteiger partial charge in [-0.3, -0.25) is 4.68 Å². The third kappa shape index (κ3) is 2.79. The summed E-state index contributed by atoms with van der Waals surface area (Å²) in [5, 5.41) is 7.93. The lowest BCUT2D eigenvalue weighted by Crippen LogP contribution is -2.17. The van der Waals surface area contributed by atoms with Crippen LogP contribution in [-0.4, -0.2) is 15.8 Å². The lowest BCUT2D eigenvalue weighted by molar-refractivity contribution is 0.653. The maximum atomic E-state index is 4.36. The average Bonchev–Trinajstić information content (AvgIpc) is 3.12. The van der Waals surface area contributed by atoms with Gasteiger partial charge in [-0.15, -0.1) is 0 Å². The monoisotopic (exact) mass is 241 g/mol. The van der Waals surface area contributed by atoms with Crippen molar-refractivity contribution in [2.24, 2.45) is 0 Å². The van der Waals surface area contributed by atoms with E-state index in [2.05, 4.69) is 47.8 Å². The van der Waals surface area contributed by atoms with E-state index in [1.54, 1.807) is 0 Å². The van der Waals surface area contributed by atoms with Crippen molar-refractivity contribution < 1.29 is 0 Å². The Balaban J connectivity index is 1.73. The van der Waals surface area contributed by atoms with Gasteiger partial charge >= 0.3 is 0 Å². The van der Waals surface area contributed by atoms with E-state index in [1.165, 1.54) is 29.5 Å². The Morgan fingerprint density at radius 2 is 2.06 bits per heavy atom. The normalized spacial score (nSPS) is 14.9. The lowest BCUT2D eigenvalue weighted by atomic mass is 10.1. The van der Waals surface area contributed by atoms with E-state index in [0.717, 1.165) is 19.1 Å². The van der Waals surface area contributed by atoms with Crippen LogP contribution in [0.15, 0.2) is 36.7 Å². The van der Waals surface area contributed by atoms with Gasteiger partial charge in [0.1, 0.15) is 0 Å². The molecule has 1 N–H and O–H groups in total. The summed E-state index contributed by atoms with van der Waals surface area (Å²) in [4.78, 5) is 0. The Morgan fingerprint density at radius 3 is 2.72 bits per heavy atom. The van der Waals surface area contributed by atoms with Crippen LogP contribution >= 0.6 is 0 Å². The highest BCUT2D eigenvalue weighted by molar-refractivity contribution is 5.27. The van der Waals surface area contributed by atoms with Gasteiger partial charge in [-0.2, -0.15) is 5.10 Å². The largest absolute Gasteiger partial charge is 0.310 e.